The van der Waals surface area contributed by atoms with Gasteiger partial charge < -0.3 is 19.3 Å². The quantitative estimate of drug-likeness (QED) is 0.0946. The van der Waals surface area contributed by atoms with Crippen LogP contribution in [0.4, 0.5) is 0 Å². The number of ether oxygens (including phenoxy) is 3. The largest absolute Gasteiger partial charge is 0.465 e. The van der Waals surface area contributed by atoms with Crippen LogP contribution in [0.3, 0.4) is 0 Å². The van der Waals surface area contributed by atoms with E-state index in [4.69, 9.17) is 19.3 Å². The predicted molar refractivity (Wildman–Crippen MR) is 128 cm³/mol. The average molecular weight is 440 g/mol. The maximum absolute atomic E-state index is 11.9. The third kappa shape index (κ3) is 21.8. The molecule has 0 aromatic rings. The Hall–Kier alpha value is -1.17. The lowest BCUT2D eigenvalue weighted by Crippen LogP contribution is -2.21. The van der Waals surface area contributed by atoms with E-state index in [1.165, 1.54) is 12.8 Å². The van der Waals surface area contributed by atoms with Gasteiger partial charge in [0.2, 0.25) is 0 Å². The zero-order chi connectivity index (χ0) is 23.0. The van der Waals surface area contributed by atoms with Gasteiger partial charge in [-0.3, -0.25) is 4.79 Å². The fourth-order valence-electron chi connectivity index (χ4n) is 2.87. The third-order valence-corrected chi connectivity index (χ3v) is 4.76. The van der Waals surface area contributed by atoms with Crippen molar-refractivity contribution in [2.75, 3.05) is 26.4 Å². The highest BCUT2D eigenvalue weighted by Gasteiger charge is 2.14. The summed E-state index contributed by atoms with van der Waals surface area (Å²) in [6, 6.07) is 0. The fourth-order valence-corrected chi connectivity index (χ4v) is 2.87. The van der Waals surface area contributed by atoms with Crippen molar-refractivity contribution in [3.63, 3.8) is 0 Å². The number of esters is 1. The fraction of sp³-hybridized carbons (Fsp3) is 0.769. The van der Waals surface area contributed by atoms with Crippen LogP contribution in [0.2, 0.25) is 0 Å². The first-order valence-corrected chi connectivity index (χ1v) is 12.3. The standard InChI is InChI=1S/C26H47O5/c1-4-6-8-10-12-14-16-20-29-26(19-18-25(28)31-23-24(3)22-27)30-21-17-15-13-11-9-7-5-2/h6-9,24,26-27H,3-5,10-23H2,1-2H3/b8-6-,9-7-. The Kier molecular flexibility index (Phi) is 22.6. The van der Waals surface area contributed by atoms with Gasteiger partial charge in [0.25, 0.3) is 0 Å². The van der Waals surface area contributed by atoms with E-state index in [2.05, 4.69) is 45.1 Å². The molecule has 1 unspecified atom stereocenters. The molecule has 0 aliphatic heterocycles. The van der Waals surface area contributed by atoms with Crippen molar-refractivity contribution in [3.8, 4) is 0 Å². The van der Waals surface area contributed by atoms with Crippen molar-refractivity contribution in [2.24, 2.45) is 5.92 Å². The molecule has 1 N–H and O–H groups in total. The van der Waals surface area contributed by atoms with Crippen LogP contribution in [-0.4, -0.2) is 43.8 Å². The zero-order valence-corrected chi connectivity index (χ0v) is 20.1. The van der Waals surface area contributed by atoms with Crippen molar-refractivity contribution < 1.29 is 24.1 Å². The molecular weight excluding hydrogens is 392 g/mol. The summed E-state index contributed by atoms with van der Waals surface area (Å²) in [4.78, 5) is 11.9. The second-order valence-electron chi connectivity index (χ2n) is 7.90. The molecule has 0 saturated heterocycles. The number of aliphatic hydroxyl groups excluding tert-OH is 1. The molecule has 5 nitrogen and oxygen atoms in total. The molecule has 0 aromatic heterocycles. The van der Waals surface area contributed by atoms with Crippen LogP contribution in [0.5, 0.6) is 0 Å². The summed E-state index contributed by atoms with van der Waals surface area (Å²) in [6.45, 7) is 9.33. The van der Waals surface area contributed by atoms with Crippen molar-refractivity contribution in [1.82, 2.24) is 0 Å². The van der Waals surface area contributed by atoms with E-state index in [9.17, 15) is 4.79 Å². The molecule has 5 heteroatoms. The normalized spacial score (nSPS) is 12.9. The molecule has 31 heavy (non-hydrogen) atoms. The molecule has 0 amide bonds. The summed E-state index contributed by atoms with van der Waals surface area (Å²) in [5.41, 5.74) is 0. The van der Waals surface area contributed by atoms with E-state index in [0.717, 1.165) is 51.4 Å². The maximum Gasteiger partial charge on any atom is 0.305 e. The molecule has 0 aliphatic carbocycles. The minimum atomic E-state index is -0.374. The van der Waals surface area contributed by atoms with Crippen molar-refractivity contribution in [1.29, 1.82) is 0 Å². The molecule has 0 rings (SSSR count). The molecular formula is C26H47O5. The Morgan fingerprint density at radius 2 is 1.42 bits per heavy atom. The summed E-state index contributed by atoms with van der Waals surface area (Å²) in [5.74, 6) is -0.587. The van der Waals surface area contributed by atoms with Crippen molar-refractivity contribution in [2.45, 2.75) is 97.2 Å². The van der Waals surface area contributed by atoms with Gasteiger partial charge in [-0.1, -0.05) is 51.0 Å². The lowest BCUT2D eigenvalue weighted by atomic mass is 10.2. The van der Waals surface area contributed by atoms with Gasteiger partial charge in [-0.25, -0.2) is 0 Å². The van der Waals surface area contributed by atoms with Gasteiger partial charge in [-0.05, 0) is 58.3 Å². The SMILES string of the molecule is [CH2]C(CO)COC(=O)CCC(OCCCCC/C=C\CC)OCCCCC/C=C\CC. The molecule has 0 saturated carbocycles. The van der Waals surface area contributed by atoms with Gasteiger partial charge in [0.1, 0.15) is 0 Å². The summed E-state index contributed by atoms with van der Waals surface area (Å²) < 4.78 is 17.0. The minimum absolute atomic E-state index is 0.0927. The Balaban J connectivity index is 4.12. The molecule has 181 valence electrons. The lowest BCUT2D eigenvalue weighted by Gasteiger charge is -2.19. The van der Waals surface area contributed by atoms with E-state index >= 15 is 0 Å². The summed E-state index contributed by atoms with van der Waals surface area (Å²) in [7, 11) is 0. The number of carbonyl (C=O) groups is 1. The first-order chi connectivity index (χ1) is 15.1. The number of carbonyl (C=O) groups excluding carboxylic acids is 1. The van der Waals surface area contributed by atoms with Crippen molar-refractivity contribution >= 4 is 5.97 Å². The first-order valence-electron chi connectivity index (χ1n) is 12.3. The number of unbranched alkanes of at least 4 members (excludes halogenated alkanes) is 6. The zero-order valence-electron chi connectivity index (χ0n) is 20.1. The van der Waals surface area contributed by atoms with Crippen LogP contribution in [0.15, 0.2) is 24.3 Å². The highest BCUT2D eigenvalue weighted by Crippen LogP contribution is 2.11. The van der Waals surface area contributed by atoms with E-state index in [-0.39, 0.29) is 37.8 Å². The topological polar surface area (TPSA) is 65.0 Å². The predicted octanol–water partition coefficient (Wildman–Crippen LogP) is 6.16. The summed E-state index contributed by atoms with van der Waals surface area (Å²) in [6.07, 6.45) is 20.2. The second kappa shape index (κ2) is 23.5. The van der Waals surface area contributed by atoms with Crippen molar-refractivity contribution in [3.05, 3.63) is 31.2 Å². The average Bonchev–Trinajstić information content (AvgIpc) is 2.78. The molecule has 0 bridgehead atoms. The highest BCUT2D eigenvalue weighted by atomic mass is 16.7. The second-order valence-corrected chi connectivity index (χ2v) is 7.90. The Morgan fingerprint density at radius 3 is 1.90 bits per heavy atom. The maximum atomic E-state index is 11.9. The van der Waals surface area contributed by atoms with Gasteiger partial charge in [-0.2, -0.15) is 0 Å². The van der Waals surface area contributed by atoms with E-state index < -0.39 is 0 Å². The summed E-state index contributed by atoms with van der Waals surface area (Å²) in [5, 5.41) is 8.97. The monoisotopic (exact) mass is 439 g/mol. The first kappa shape index (κ1) is 29.8. The Labute approximate surface area is 191 Å². The number of hydrogen-bond donors (Lipinski definition) is 1. The van der Waals surface area contributed by atoms with Gasteiger partial charge in [0.05, 0.1) is 13.0 Å². The Bertz CT molecular complexity index is 421. The van der Waals surface area contributed by atoms with Gasteiger partial charge in [0.15, 0.2) is 6.29 Å². The van der Waals surface area contributed by atoms with Crippen LogP contribution in [-0.2, 0) is 19.0 Å². The van der Waals surface area contributed by atoms with E-state index in [1.807, 2.05) is 0 Å². The molecule has 1 radical (unpaired) electrons. The summed E-state index contributed by atoms with van der Waals surface area (Å²) >= 11 is 0. The van der Waals surface area contributed by atoms with Gasteiger partial charge in [-0.15, -0.1) is 0 Å². The lowest BCUT2D eigenvalue weighted by molar-refractivity contribution is -0.160. The minimum Gasteiger partial charge on any atom is -0.465 e. The smallest absolute Gasteiger partial charge is 0.305 e. The third-order valence-electron chi connectivity index (χ3n) is 4.76. The molecule has 0 heterocycles. The van der Waals surface area contributed by atoms with E-state index in [1.54, 1.807) is 0 Å². The van der Waals surface area contributed by atoms with Crippen LogP contribution in [0.1, 0.15) is 90.9 Å². The number of allylic oxidation sites excluding steroid dienone is 4. The number of rotatable bonds is 22. The number of hydrogen-bond acceptors (Lipinski definition) is 5. The van der Waals surface area contributed by atoms with Crippen LogP contribution in [0, 0.1) is 12.8 Å². The van der Waals surface area contributed by atoms with E-state index in [0.29, 0.717) is 19.6 Å². The van der Waals surface area contributed by atoms with Crippen LogP contribution >= 0.6 is 0 Å². The van der Waals surface area contributed by atoms with Crippen LogP contribution < -0.4 is 0 Å². The number of aliphatic hydroxyl groups is 1. The van der Waals surface area contributed by atoms with Crippen LogP contribution in [0.25, 0.3) is 0 Å². The molecule has 0 fully saturated rings. The van der Waals surface area contributed by atoms with Gasteiger partial charge in [0, 0.05) is 32.2 Å². The molecule has 0 aromatic carbocycles. The highest BCUT2D eigenvalue weighted by molar-refractivity contribution is 5.69. The molecule has 0 spiro atoms. The Morgan fingerprint density at radius 1 is 0.871 bits per heavy atom. The molecule has 0 aliphatic rings. The molecule has 1 atom stereocenters. The van der Waals surface area contributed by atoms with Gasteiger partial charge >= 0.3 is 5.97 Å².